The minimum Gasteiger partial charge on any atom is -0.309 e. The molecule has 1 aliphatic carbocycles. The third-order valence-corrected chi connectivity index (χ3v) is 14.1. The van der Waals surface area contributed by atoms with Gasteiger partial charge in [0.15, 0.2) is 0 Å². The number of para-hydroxylation sites is 1. The molecule has 0 spiro atoms. The average Bonchev–Trinajstić information content (AvgIpc) is 3.76. The monoisotopic (exact) mass is 787 g/mol. The van der Waals surface area contributed by atoms with Crippen molar-refractivity contribution < 1.29 is 0 Å². The molecule has 10 aromatic carbocycles. The van der Waals surface area contributed by atoms with E-state index >= 15 is 0 Å². The molecule has 3 heterocycles. The van der Waals surface area contributed by atoms with E-state index in [0.717, 1.165) is 38.8 Å². The van der Waals surface area contributed by atoms with Gasteiger partial charge < -0.3 is 4.57 Å². The quantitative estimate of drug-likeness (QED) is 0.163. The first-order valence-electron chi connectivity index (χ1n) is 21.6. The highest BCUT2D eigenvalue weighted by Gasteiger charge is 2.37. The molecule has 1 aliphatic rings. The standard InChI is InChI=1S/C59H37N3/c1-59(2)50-29-36(52-27-25-35-23-22-34-13-12-28-60-57(34)58(35)61-52)24-26-41(50)46-31-48-47-30-45-40-18-8-11-21-44(40)55-42-19-9-6-16-38(42)39-17-7-10-20-43(39)56(55)49(45)32-53(47)62(54(48)33-51(46)59)37-14-4-3-5-15-37/h3-33H,1-2H3. The maximum Gasteiger partial charge on any atom is 0.0972 e. The van der Waals surface area contributed by atoms with Crippen LogP contribution in [0, 0.1) is 0 Å². The van der Waals surface area contributed by atoms with Gasteiger partial charge in [-0.3, -0.25) is 4.98 Å². The highest BCUT2D eigenvalue weighted by molar-refractivity contribution is 6.40. The number of pyridine rings is 2. The molecule has 0 radical (unpaired) electrons. The van der Waals surface area contributed by atoms with Gasteiger partial charge in [-0.25, -0.2) is 4.98 Å². The number of rotatable bonds is 2. The maximum absolute atomic E-state index is 5.24. The van der Waals surface area contributed by atoms with Crippen LogP contribution in [0.25, 0.3) is 126 Å². The number of aromatic nitrogens is 3. The molecule has 3 nitrogen and oxygen atoms in total. The first-order chi connectivity index (χ1) is 30.5. The van der Waals surface area contributed by atoms with Gasteiger partial charge in [-0.05, 0) is 131 Å². The lowest BCUT2D eigenvalue weighted by Crippen LogP contribution is -2.15. The second-order valence-corrected chi connectivity index (χ2v) is 17.7. The van der Waals surface area contributed by atoms with Crippen LogP contribution < -0.4 is 0 Å². The molecule has 0 unspecified atom stereocenters. The van der Waals surface area contributed by atoms with E-state index < -0.39 is 0 Å². The predicted molar refractivity (Wildman–Crippen MR) is 262 cm³/mol. The van der Waals surface area contributed by atoms with Crippen molar-refractivity contribution in [2.24, 2.45) is 0 Å². The molecular weight excluding hydrogens is 751 g/mol. The summed E-state index contributed by atoms with van der Waals surface area (Å²) in [5.41, 5.74) is 12.6. The molecule has 0 atom stereocenters. The lowest BCUT2D eigenvalue weighted by molar-refractivity contribution is 0.661. The summed E-state index contributed by atoms with van der Waals surface area (Å²) in [6, 6.07) is 67.5. The molecule has 0 aliphatic heterocycles. The van der Waals surface area contributed by atoms with Crippen LogP contribution in [0.1, 0.15) is 25.0 Å². The Hall–Kier alpha value is -7.88. The highest BCUT2D eigenvalue weighted by atomic mass is 15.0. The van der Waals surface area contributed by atoms with E-state index in [2.05, 4.69) is 194 Å². The number of hydrogen-bond acceptors (Lipinski definition) is 2. The Morgan fingerprint density at radius 2 is 0.984 bits per heavy atom. The van der Waals surface area contributed by atoms with Crippen molar-refractivity contribution in [2.75, 3.05) is 0 Å². The zero-order chi connectivity index (χ0) is 40.8. The van der Waals surface area contributed by atoms with E-state index in [9.17, 15) is 0 Å². The van der Waals surface area contributed by atoms with Crippen molar-refractivity contribution in [3.63, 3.8) is 0 Å². The van der Waals surface area contributed by atoms with Crippen molar-refractivity contribution in [1.29, 1.82) is 0 Å². The van der Waals surface area contributed by atoms with Gasteiger partial charge in [0.2, 0.25) is 0 Å². The molecule has 0 fully saturated rings. The van der Waals surface area contributed by atoms with Gasteiger partial charge >= 0.3 is 0 Å². The lowest BCUT2D eigenvalue weighted by atomic mass is 9.81. The van der Waals surface area contributed by atoms with Crippen molar-refractivity contribution in [3.05, 3.63) is 199 Å². The van der Waals surface area contributed by atoms with Gasteiger partial charge in [-0.15, -0.1) is 0 Å². The van der Waals surface area contributed by atoms with E-state index in [1.807, 2.05) is 12.3 Å². The summed E-state index contributed by atoms with van der Waals surface area (Å²) in [6.07, 6.45) is 1.86. The molecule has 0 saturated heterocycles. The van der Waals surface area contributed by atoms with Gasteiger partial charge in [-0.2, -0.15) is 0 Å². The summed E-state index contributed by atoms with van der Waals surface area (Å²) >= 11 is 0. The summed E-state index contributed by atoms with van der Waals surface area (Å²) in [5, 5.41) is 17.7. The predicted octanol–water partition coefficient (Wildman–Crippen LogP) is 15.6. The Balaban J connectivity index is 1.06. The second kappa shape index (κ2) is 12.1. The Kier molecular flexibility index (Phi) is 6.63. The van der Waals surface area contributed by atoms with E-state index in [-0.39, 0.29) is 5.41 Å². The van der Waals surface area contributed by atoms with Crippen LogP contribution in [-0.4, -0.2) is 14.5 Å². The van der Waals surface area contributed by atoms with Crippen LogP contribution in [0.2, 0.25) is 0 Å². The van der Waals surface area contributed by atoms with Gasteiger partial charge in [0.1, 0.15) is 0 Å². The van der Waals surface area contributed by atoms with Crippen LogP contribution >= 0.6 is 0 Å². The first-order valence-corrected chi connectivity index (χ1v) is 21.6. The zero-order valence-corrected chi connectivity index (χ0v) is 34.2. The van der Waals surface area contributed by atoms with Gasteiger partial charge in [0.05, 0.1) is 27.8 Å². The molecule has 3 heteroatoms. The van der Waals surface area contributed by atoms with Gasteiger partial charge in [0.25, 0.3) is 0 Å². The molecule has 3 aromatic heterocycles. The van der Waals surface area contributed by atoms with E-state index in [4.69, 9.17) is 9.97 Å². The molecule has 0 bridgehead atoms. The van der Waals surface area contributed by atoms with Crippen LogP contribution in [0.4, 0.5) is 0 Å². The Morgan fingerprint density at radius 1 is 0.403 bits per heavy atom. The topological polar surface area (TPSA) is 30.7 Å². The highest BCUT2D eigenvalue weighted by Crippen LogP contribution is 2.53. The van der Waals surface area contributed by atoms with Crippen LogP contribution in [-0.2, 0) is 5.41 Å². The minimum atomic E-state index is -0.241. The Bertz CT molecular complexity index is 4120. The third-order valence-electron chi connectivity index (χ3n) is 14.1. The van der Waals surface area contributed by atoms with Crippen LogP contribution in [0.3, 0.4) is 0 Å². The summed E-state index contributed by atoms with van der Waals surface area (Å²) < 4.78 is 2.51. The first kappa shape index (κ1) is 33.9. The molecular formula is C59H37N3. The maximum atomic E-state index is 5.24. The van der Waals surface area contributed by atoms with E-state index in [1.54, 1.807) is 0 Å². The number of benzene rings is 10. The fourth-order valence-corrected chi connectivity index (χ4v) is 11.3. The normalized spacial score (nSPS) is 13.5. The van der Waals surface area contributed by atoms with Crippen molar-refractivity contribution in [3.8, 4) is 28.1 Å². The molecule has 288 valence electrons. The Morgan fingerprint density at radius 3 is 1.71 bits per heavy atom. The fourth-order valence-electron chi connectivity index (χ4n) is 11.3. The molecule has 0 saturated carbocycles. The fraction of sp³-hybridized carbons (Fsp3) is 0.0508. The molecule has 0 amide bonds. The van der Waals surface area contributed by atoms with E-state index in [0.29, 0.717) is 0 Å². The smallest absolute Gasteiger partial charge is 0.0972 e. The third kappa shape index (κ3) is 4.44. The van der Waals surface area contributed by atoms with Crippen molar-refractivity contribution in [1.82, 2.24) is 14.5 Å². The SMILES string of the molecule is CC1(C)c2cc(-c3ccc4ccc5cccnc5c4n3)ccc2-c2cc3c4cc5c6ccccc6c6c7ccccc7c7ccccc7c6c5cc4n(-c4ccccc4)c3cc21. The second-order valence-electron chi connectivity index (χ2n) is 17.7. The van der Waals surface area contributed by atoms with Crippen molar-refractivity contribution >= 4 is 97.5 Å². The van der Waals surface area contributed by atoms with Gasteiger partial charge in [-0.1, -0.05) is 141 Å². The summed E-state index contributed by atoms with van der Waals surface area (Å²) in [6.45, 7) is 4.77. The van der Waals surface area contributed by atoms with Crippen LogP contribution in [0.15, 0.2) is 188 Å². The molecule has 0 N–H and O–H groups in total. The molecule has 13 aromatic rings. The Labute approximate surface area is 357 Å². The number of hydrogen-bond donors (Lipinski definition) is 0. The average molecular weight is 788 g/mol. The number of nitrogens with zero attached hydrogens (tertiary/aromatic N) is 3. The lowest BCUT2D eigenvalue weighted by Gasteiger charge is -2.22. The molecule has 62 heavy (non-hydrogen) atoms. The van der Waals surface area contributed by atoms with E-state index in [1.165, 1.54) is 97.9 Å². The largest absolute Gasteiger partial charge is 0.309 e. The summed E-state index contributed by atoms with van der Waals surface area (Å²) in [7, 11) is 0. The van der Waals surface area contributed by atoms with Crippen LogP contribution in [0.5, 0.6) is 0 Å². The summed E-state index contributed by atoms with van der Waals surface area (Å²) in [4.78, 5) is 9.97. The van der Waals surface area contributed by atoms with Crippen molar-refractivity contribution in [2.45, 2.75) is 19.3 Å². The molecule has 14 rings (SSSR count). The number of fused-ring (bicyclic) bond motifs is 20. The zero-order valence-electron chi connectivity index (χ0n) is 34.2. The van der Waals surface area contributed by atoms with Gasteiger partial charge in [0, 0.05) is 44.4 Å². The summed E-state index contributed by atoms with van der Waals surface area (Å²) in [5.74, 6) is 0. The minimum absolute atomic E-state index is 0.241.